The molecule has 1 atom stereocenters. The van der Waals surface area contributed by atoms with Gasteiger partial charge in [-0.1, -0.05) is 6.07 Å². The van der Waals surface area contributed by atoms with Crippen molar-refractivity contribution in [1.29, 1.82) is 0 Å². The fourth-order valence-corrected chi connectivity index (χ4v) is 1.89. The van der Waals surface area contributed by atoms with Crippen LogP contribution in [0.1, 0.15) is 26.3 Å². The van der Waals surface area contributed by atoms with Crippen LogP contribution in [-0.2, 0) is 16.0 Å². The van der Waals surface area contributed by atoms with Crippen LogP contribution in [0.15, 0.2) is 18.2 Å². The third-order valence-corrected chi connectivity index (χ3v) is 2.87. The minimum absolute atomic E-state index is 0.0655. The van der Waals surface area contributed by atoms with Gasteiger partial charge in [0.25, 0.3) is 0 Å². The topological polar surface area (TPSA) is 128 Å². The van der Waals surface area contributed by atoms with Crippen LogP contribution in [0.25, 0.3) is 0 Å². The smallest absolute Gasteiger partial charge is 0.408 e. The summed E-state index contributed by atoms with van der Waals surface area (Å²) in [5, 5.41) is 22.5. The number of nitro groups is 1. The largest absolute Gasteiger partial charge is 0.490 e. The summed E-state index contributed by atoms with van der Waals surface area (Å²) in [4.78, 5) is 33.4. The number of alkyl carbamates (subject to hydrolysis) is 1. The second-order valence-corrected chi connectivity index (χ2v) is 6.00. The lowest BCUT2D eigenvalue weighted by Gasteiger charge is -2.22. The molecule has 1 amide bonds. The van der Waals surface area contributed by atoms with E-state index in [1.54, 1.807) is 20.8 Å². The summed E-state index contributed by atoms with van der Waals surface area (Å²) < 4.78 is 9.90. The van der Waals surface area contributed by atoms with Crippen molar-refractivity contribution in [3.8, 4) is 5.75 Å². The molecule has 0 unspecified atom stereocenters. The average Bonchev–Trinajstić information content (AvgIpc) is 2.44. The molecule has 1 aromatic rings. The first-order valence-electron chi connectivity index (χ1n) is 7.07. The summed E-state index contributed by atoms with van der Waals surface area (Å²) in [6, 6.07) is 2.80. The molecular weight excluding hydrogens is 320 g/mol. The Kier molecular flexibility index (Phi) is 6.10. The number of nitrogens with zero attached hydrogens (tertiary/aromatic N) is 1. The molecule has 0 saturated heterocycles. The van der Waals surface area contributed by atoms with E-state index in [-0.39, 0.29) is 17.9 Å². The minimum Gasteiger partial charge on any atom is -0.490 e. The number of nitrogens with one attached hydrogen (secondary N) is 1. The number of ether oxygens (including phenoxy) is 2. The quantitative estimate of drug-likeness (QED) is 0.599. The molecule has 0 aliphatic carbocycles. The fourth-order valence-electron chi connectivity index (χ4n) is 1.89. The SMILES string of the molecule is COc1ccc(C[C@H](NC(=O)OC(C)(C)C)C(=O)O)cc1[N+](=O)[O-]. The molecule has 2 N–H and O–H groups in total. The van der Waals surface area contributed by atoms with Crippen molar-refractivity contribution in [1.82, 2.24) is 5.32 Å². The molecule has 0 fully saturated rings. The number of carboxylic acids is 1. The Morgan fingerprint density at radius 3 is 2.46 bits per heavy atom. The molecule has 1 rings (SSSR count). The average molecular weight is 340 g/mol. The molecule has 0 bridgehead atoms. The molecule has 0 aliphatic heterocycles. The summed E-state index contributed by atoms with van der Waals surface area (Å²) in [7, 11) is 1.30. The first-order valence-corrected chi connectivity index (χ1v) is 7.07. The number of hydrogen-bond acceptors (Lipinski definition) is 6. The summed E-state index contributed by atoms with van der Waals surface area (Å²) >= 11 is 0. The molecule has 0 heterocycles. The summed E-state index contributed by atoms with van der Waals surface area (Å²) in [5.41, 5.74) is -0.686. The first-order chi connectivity index (χ1) is 11.0. The molecule has 24 heavy (non-hydrogen) atoms. The Morgan fingerprint density at radius 2 is 2.00 bits per heavy atom. The van der Waals surface area contributed by atoms with Gasteiger partial charge in [0.15, 0.2) is 5.75 Å². The number of carbonyl (C=O) groups excluding carboxylic acids is 1. The van der Waals surface area contributed by atoms with Crippen molar-refractivity contribution in [3.63, 3.8) is 0 Å². The van der Waals surface area contributed by atoms with Crippen LogP contribution in [0.4, 0.5) is 10.5 Å². The van der Waals surface area contributed by atoms with Gasteiger partial charge in [0.05, 0.1) is 12.0 Å². The maximum atomic E-state index is 11.7. The molecule has 132 valence electrons. The fraction of sp³-hybridized carbons (Fsp3) is 0.467. The number of nitro benzene ring substituents is 1. The minimum atomic E-state index is -1.28. The number of rotatable bonds is 6. The number of carboxylic acid groups (broad SMARTS) is 1. The van der Waals surface area contributed by atoms with Crippen molar-refractivity contribution < 1.29 is 29.1 Å². The zero-order chi connectivity index (χ0) is 18.5. The highest BCUT2D eigenvalue weighted by molar-refractivity contribution is 5.80. The number of benzene rings is 1. The lowest BCUT2D eigenvalue weighted by atomic mass is 10.0. The van der Waals surface area contributed by atoms with Crippen LogP contribution in [0, 0.1) is 10.1 Å². The number of hydrogen-bond donors (Lipinski definition) is 2. The van der Waals surface area contributed by atoms with Crippen molar-refractivity contribution in [2.24, 2.45) is 0 Å². The second-order valence-electron chi connectivity index (χ2n) is 6.00. The lowest BCUT2D eigenvalue weighted by Crippen LogP contribution is -2.44. The molecule has 0 aromatic heterocycles. The number of methoxy groups -OCH3 is 1. The maximum Gasteiger partial charge on any atom is 0.408 e. The third kappa shape index (κ3) is 5.75. The number of aliphatic carboxylic acids is 1. The van der Waals surface area contributed by atoms with Crippen molar-refractivity contribution in [2.45, 2.75) is 38.8 Å². The summed E-state index contributed by atoms with van der Waals surface area (Å²) in [5.74, 6) is -1.21. The van der Waals surface area contributed by atoms with E-state index in [0.717, 1.165) is 0 Å². The molecule has 9 heteroatoms. The highest BCUT2D eigenvalue weighted by Crippen LogP contribution is 2.28. The molecular formula is C15H20N2O7. The van der Waals surface area contributed by atoms with Gasteiger partial charge in [-0.15, -0.1) is 0 Å². The van der Waals surface area contributed by atoms with Gasteiger partial charge in [0, 0.05) is 12.5 Å². The second kappa shape index (κ2) is 7.62. The highest BCUT2D eigenvalue weighted by Gasteiger charge is 2.25. The lowest BCUT2D eigenvalue weighted by molar-refractivity contribution is -0.385. The Morgan fingerprint density at radius 1 is 1.38 bits per heavy atom. The molecule has 9 nitrogen and oxygen atoms in total. The molecule has 0 spiro atoms. The van der Waals surface area contributed by atoms with Crippen LogP contribution in [-0.4, -0.2) is 40.8 Å². The Hall–Kier alpha value is -2.84. The van der Waals surface area contributed by atoms with E-state index in [1.807, 2.05) is 0 Å². The molecule has 0 radical (unpaired) electrons. The summed E-state index contributed by atoms with van der Waals surface area (Å²) in [6.45, 7) is 4.94. The molecule has 0 saturated carbocycles. The van der Waals surface area contributed by atoms with Crippen LogP contribution in [0.5, 0.6) is 5.75 Å². The van der Waals surface area contributed by atoms with E-state index in [4.69, 9.17) is 9.47 Å². The summed E-state index contributed by atoms with van der Waals surface area (Å²) in [6.07, 6.45) is -1.02. The van der Waals surface area contributed by atoms with E-state index in [9.17, 15) is 24.8 Å². The first kappa shape index (κ1) is 19.2. The van der Waals surface area contributed by atoms with Gasteiger partial charge in [-0.3, -0.25) is 10.1 Å². The predicted octanol–water partition coefficient (Wildman–Crippen LogP) is 2.12. The standard InChI is InChI=1S/C15H20N2O7/c1-15(2,3)24-14(20)16-10(13(18)19)7-9-5-6-12(23-4)11(8-9)17(21)22/h5-6,8,10H,7H2,1-4H3,(H,16,20)(H,18,19)/t10-/m0/s1. The van der Waals surface area contributed by atoms with Gasteiger partial charge in [-0.25, -0.2) is 9.59 Å². The highest BCUT2D eigenvalue weighted by atomic mass is 16.6. The van der Waals surface area contributed by atoms with E-state index < -0.39 is 28.6 Å². The number of amides is 1. The predicted molar refractivity (Wildman–Crippen MR) is 84.1 cm³/mol. The van der Waals surface area contributed by atoms with Gasteiger partial charge < -0.3 is 19.9 Å². The molecule has 1 aromatic carbocycles. The van der Waals surface area contributed by atoms with Gasteiger partial charge in [0.2, 0.25) is 0 Å². The Balaban J connectivity index is 2.93. The molecule has 0 aliphatic rings. The van der Waals surface area contributed by atoms with E-state index >= 15 is 0 Å². The van der Waals surface area contributed by atoms with Gasteiger partial charge in [-0.2, -0.15) is 0 Å². The van der Waals surface area contributed by atoms with Crippen LogP contribution >= 0.6 is 0 Å². The van der Waals surface area contributed by atoms with Crippen LogP contribution in [0.2, 0.25) is 0 Å². The van der Waals surface area contributed by atoms with Crippen LogP contribution in [0.3, 0.4) is 0 Å². The van der Waals surface area contributed by atoms with Crippen LogP contribution < -0.4 is 10.1 Å². The van der Waals surface area contributed by atoms with Crippen molar-refractivity contribution >= 4 is 17.7 Å². The van der Waals surface area contributed by atoms with Gasteiger partial charge in [0.1, 0.15) is 11.6 Å². The zero-order valence-corrected chi connectivity index (χ0v) is 13.9. The van der Waals surface area contributed by atoms with Crippen molar-refractivity contribution in [3.05, 3.63) is 33.9 Å². The Bertz CT molecular complexity index is 637. The zero-order valence-electron chi connectivity index (χ0n) is 13.9. The van der Waals surface area contributed by atoms with Crippen molar-refractivity contribution in [2.75, 3.05) is 7.11 Å². The third-order valence-electron chi connectivity index (χ3n) is 2.87. The van der Waals surface area contributed by atoms with E-state index in [0.29, 0.717) is 5.56 Å². The monoisotopic (exact) mass is 340 g/mol. The maximum absolute atomic E-state index is 11.7. The van der Waals surface area contributed by atoms with E-state index in [1.165, 1.54) is 25.3 Å². The normalized spacial score (nSPS) is 12.2. The van der Waals surface area contributed by atoms with E-state index in [2.05, 4.69) is 5.32 Å². The van der Waals surface area contributed by atoms with Gasteiger partial charge in [-0.05, 0) is 32.4 Å². The number of carbonyl (C=O) groups is 2. The van der Waals surface area contributed by atoms with Gasteiger partial charge >= 0.3 is 17.7 Å². The Labute approximate surface area is 138 Å².